The van der Waals surface area contributed by atoms with Crippen LogP contribution >= 0.6 is 0 Å². The van der Waals surface area contributed by atoms with Crippen LogP contribution in [0.1, 0.15) is 16.7 Å². The van der Waals surface area contributed by atoms with Gasteiger partial charge in [-0.05, 0) is 54.5 Å². The third kappa shape index (κ3) is 7.36. The molecular weight excluding hydrogens is 958 g/mol. The van der Waals surface area contributed by atoms with Crippen molar-refractivity contribution in [3.8, 4) is 51.5 Å². The largest absolute Gasteiger partial charge is 2.00 e. The van der Waals surface area contributed by atoms with Crippen molar-refractivity contribution >= 4 is 50.6 Å². The second kappa shape index (κ2) is 16.3. The predicted octanol–water partition coefficient (Wildman–Crippen LogP) is 12.5. The Kier molecular flexibility index (Phi) is 10.2. The number of para-hydroxylation sites is 3. The van der Waals surface area contributed by atoms with Gasteiger partial charge in [-0.3, -0.25) is 0 Å². The van der Waals surface area contributed by atoms with E-state index >= 15 is 0 Å². The number of ether oxygens (including phenoxy) is 1. The summed E-state index contributed by atoms with van der Waals surface area (Å²) in [4.78, 5) is 20.1. The van der Waals surface area contributed by atoms with E-state index in [1.54, 1.807) is 6.20 Å². The minimum absolute atomic E-state index is 0. The summed E-state index contributed by atoms with van der Waals surface area (Å²) in [5.74, 6) is 3.24. The molecule has 3 aromatic heterocycles. The van der Waals surface area contributed by atoms with Crippen LogP contribution in [0.4, 0.5) is 22.7 Å². The normalized spacial score (nSPS) is 11.9. The molecule has 10 aromatic rings. The average molecular weight is 995 g/mol. The van der Waals surface area contributed by atoms with E-state index in [0.29, 0.717) is 34.5 Å². The minimum Gasteiger partial charge on any atom is -0.508 e. The van der Waals surface area contributed by atoms with E-state index in [9.17, 15) is 0 Å². The first kappa shape index (κ1) is 39.5. The van der Waals surface area contributed by atoms with Crippen molar-refractivity contribution in [3.05, 3.63) is 199 Å². The maximum absolute atomic E-state index is 6.98. The second-order valence-electron chi connectivity index (χ2n) is 15.5. The van der Waals surface area contributed by atoms with Gasteiger partial charge in [-0.2, -0.15) is 6.07 Å². The Morgan fingerprint density at radius 1 is 0.556 bits per heavy atom. The summed E-state index contributed by atoms with van der Waals surface area (Å²) >= 11 is 0. The number of benzene rings is 7. The smallest absolute Gasteiger partial charge is 0.508 e. The topological polar surface area (TPSA) is 71.7 Å². The standard InChI is InChI=1S/C54H37N7O.Pt/c1-35-18-24-38(25-19-35)52-56-53(39-26-20-36(2)21-27-39)58-54(57-52)45-32-44-43-13-4-5-14-46(43)61(51-17-8-9-30-55-51)49(44)33-50(45)62-42-12-10-11-41(31-42)60-34-59(40-28-22-37(3)23-29-40)47-15-6-7-16-48(47)60;/h4-30,32H,1-3H3;/q;+2. The molecule has 0 bridgehead atoms. The van der Waals surface area contributed by atoms with Crippen molar-refractivity contribution in [2.75, 3.05) is 0 Å². The molecule has 7 aromatic carbocycles. The minimum atomic E-state index is 0. The molecule has 11 rings (SSSR count). The number of fused-ring (bicyclic) bond motifs is 4. The fourth-order valence-corrected chi connectivity index (χ4v) is 7.91. The quantitative estimate of drug-likeness (QED) is 0.112. The van der Waals surface area contributed by atoms with Crippen molar-refractivity contribution in [2.24, 2.45) is 0 Å². The summed E-state index contributed by atoms with van der Waals surface area (Å²) < 4.78 is 13.2. The molecule has 0 unspecified atom stereocenters. The molecular formula is C54H37N7OPt+2. The summed E-state index contributed by atoms with van der Waals surface area (Å²) in [7, 11) is 0. The van der Waals surface area contributed by atoms with Crippen molar-refractivity contribution in [2.45, 2.75) is 20.8 Å². The van der Waals surface area contributed by atoms with Gasteiger partial charge in [0.2, 0.25) is 5.69 Å². The maximum atomic E-state index is 6.98. The molecule has 4 heterocycles. The number of aromatic nitrogens is 5. The molecule has 0 amide bonds. The van der Waals surface area contributed by atoms with E-state index in [1.165, 1.54) is 5.56 Å². The summed E-state index contributed by atoms with van der Waals surface area (Å²) in [5, 5.41) is 1.99. The summed E-state index contributed by atoms with van der Waals surface area (Å²) in [6, 6.07) is 66.3. The summed E-state index contributed by atoms with van der Waals surface area (Å²) in [6.45, 7) is 6.23. The van der Waals surface area contributed by atoms with Crippen molar-refractivity contribution in [1.82, 2.24) is 33.7 Å². The molecule has 63 heavy (non-hydrogen) atoms. The number of rotatable bonds is 8. The van der Waals surface area contributed by atoms with Gasteiger partial charge in [0.1, 0.15) is 17.3 Å². The van der Waals surface area contributed by atoms with Crippen LogP contribution in [0.25, 0.3) is 61.8 Å². The zero-order valence-corrected chi connectivity index (χ0v) is 36.8. The number of pyridine rings is 1. The second-order valence-corrected chi connectivity index (χ2v) is 15.5. The fourth-order valence-electron chi connectivity index (χ4n) is 7.91. The van der Waals surface area contributed by atoms with Crippen molar-refractivity contribution in [3.63, 3.8) is 0 Å². The number of nitrogens with zero attached hydrogens (tertiary/aromatic N) is 7. The molecule has 1 aliphatic rings. The molecule has 9 heteroatoms. The first-order valence-electron chi connectivity index (χ1n) is 20.5. The van der Waals surface area contributed by atoms with Gasteiger partial charge in [-0.1, -0.05) is 136 Å². The molecule has 0 aliphatic carbocycles. The Labute approximate surface area is 379 Å². The van der Waals surface area contributed by atoms with E-state index in [4.69, 9.17) is 24.7 Å². The zero-order chi connectivity index (χ0) is 41.7. The molecule has 0 N–H and O–H groups in total. The van der Waals surface area contributed by atoms with Crippen LogP contribution in [0.5, 0.6) is 11.5 Å². The molecule has 0 fully saturated rings. The average Bonchev–Trinajstić information content (AvgIpc) is 3.86. The summed E-state index contributed by atoms with van der Waals surface area (Å²) in [5.41, 5.74) is 11.5. The van der Waals surface area contributed by atoms with Gasteiger partial charge >= 0.3 is 27.1 Å². The van der Waals surface area contributed by atoms with Crippen LogP contribution in [-0.4, -0.2) is 30.5 Å². The Morgan fingerprint density at radius 2 is 1.16 bits per heavy atom. The molecule has 0 atom stereocenters. The predicted molar refractivity (Wildman–Crippen MR) is 247 cm³/mol. The van der Waals surface area contributed by atoms with Gasteiger partial charge in [-0.25, -0.2) is 19.9 Å². The summed E-state index contributed by atoms with van der Waals surface area (Å²) in [6.07, 6.45) is 1.80. The van der Waals surface area contributed by atoms with E-state index in [2.05, 4.69) is 127 Å². The van der Waals surface area contributed by atoms with Gasteiger partial charge in [0.15, 0.2) is 11.6 Å². The third-order valence-electron chi connectivity index (χ3n) is 11.1. The van der Waals surface area contributed by atoms with Gasteiger partial charge in [0.05, 0.1) is 0 Å². The van der Waals surface area contributed by atoms with Crippen LogP contribution in [0.3, 0.4) is 0 Å². The number of hydrogen-bond donors (Lipinski definition) is 0. The third-order valence-corrected chi connectivity index (χ3v) is 11.1. The molecule has 0 spiro atoms. The monoisotopic (exact) mass is 994 g/mol. The Balaban J connectivity index is 0.00000471. The first-order valence-corrected chi connectivity index (χ1v) is 20.5. The van der Waals surface area contributed by atoms with Crippen LogP contribution in [-0.2, 0) is 21.1 Å². The Hall–Kier alpha value is -7.63. The van der Waals surface area contributed by atoms with Crippen LogP contribution in [0.15, 0.2) is 170 Å². The molecule has 0 radical (unpaired) electrons. The van der Waals surface area contributed by atoms with Crippen LogP contribution in [0, 0.1) is 32.9 Å². The van der Waals surface area contributed by atoms with E-state index in [-0.39, 0.29) is 21.1 Å². The van der Waals surface area contributed by atoms with Crippen molar-refractivity contribution in [1.29, 1.82) is 0 Å². The van der Waals surface area contributed by atoms with Gasteiger partial charge < -0.3 is 9.30 Å². The van der Waals surface area contributed by atoms with Crippen LogP contribution in [0.2, 0.25) is 0 Å². The van der Waals surface area contributed by atoms with Crippen molar-refractivity contribution < 1.29 is 25.8 Å². The zero-order valence-electron chi connectivity index (χ0n) is 34.5. The van der Waals surface area contributed by atoms with E-state index in [0.717, 1.165) is 72.6 Å². The number of aryl methyl sites for hydroxylation is 3. The van der Waals surface area contributed by atoms with E-state index in [1.807, 2.05) is 89.5 Å². The van der Waals surface area contributed by atoms with Gasteiger partial charge in [0.25, 0.3) is 11.4 Å². The molecule has 1 aliphatic heterocycles. The maximum Gasteiger partial charge on any atom is 2.00 e. The molecule has 0 saturated carbocycles. The Bertz CT molecular complexity index is 3360. The van der Waals surface area contributed by atoms with Crippen LogP contribution < -0.4 is 13.9 Å². The van der Waals surface area contributed by atoms with E-state index < -0.39 is 0 Å². The molecule has 8 nitrogen and oxygen atoms in total. The SMILES string of the molecule is Cc1ccc(-c2nc(-c3ccc(C)cc3)nc(-c3cc4c5ccccc5n(-c5ccccn5)c4[c-]c3Oc3[c-]c([N+]4=C=[N+](c5ccc(C)cc5)c5ccccc54)ccc3)n2)cc1.[Pt+2]. The Morgan fingerprint density at radius 3 is 1.83 bits per heavy atom. The first-order chi connectivity index (χ1) is 30.4. The molecule has 0 saturated heterocycles. The van der Waals surface area contributed by atoms with Gasteiger partial charge in [-0.15, -0.1) is 23.6 Å². The van der Waals surface area contributed by atoms with Gasteiger partial charge in [0, 0.05) is 58.6 Å². The molecule has 302 valence electrons. The number of hydrogen-bond acceptors (Lipinski definition) is 5. The fraction of sp³-hybridized carbons (Fsp3) is 0.0556.